The second-order valence-corrected chi connectivity index (χ2v) is 8.86. The molecule has 2 aromatic rings. The van der Waals surface area contributed by atoms with Crippen LogP contribution in [0.25, 0.3) is 0 Å². The highest BCUT2D eigenvalue weighted by atomic mass is 32.2. The maximum Gasteiger partial charge on any atom is 0.254 e. The van der Waals surface area contributed by atoms with Crippen molar-refractivity contribution < 1.29 is 13.2 Å². The number of anilines is 2. The van der Waals surface area contributed by atoms with Gasteiger partial charge in [0.25, 0.3) is 5.91 Å². The molecule has 0 bridgehead atoms. The van der Waals surface area contributed by atoms with Gasteiger partial charge in [-0.1, -0.05) is 24.3 Å². The predicted molar refractivity (Wildman–Crippen MR) is 109 cm³/mol. The first-order valence-corrected chi connectivity index (χ1v) is 10.8. The summed E-state index contributed by atoms with van der Waals surface area (Å²) in [6.45, 7) is 4.66. The van der Waals surface area contributed by atoms with E-state index in [9.17, 15) is 13.2 Å². The highest BCUT2D eigenvalue weighted by Gasteiger charge is 2.24. The Morgan fingerprint density at radius 2 is 1.63 bits per heavy atom. The molecular weight excluding hydrogens is 362 g/mol. The number of hydrogen-bond donors (Lipinski definition) is 0. The maximum atomic E-state index is 12.9. The highest BCUT2D eigenvalue weighted by Crippen LogP contribution is 2.24. The molecule has 27 heavy (non-hydrogen) atoms. The van der Waals surface area contributed by atoms with Gasteiger partial charge in [0.1, 0.15) is 0 Å². The summed E-state index contributed by atoms with van der Waals surface area (Å²) in [5, 5.41) is 0. The molecule has 1 amide bonds. The molecule has 0 aromatic heterocycles. The molecule has 7 heteroatoms. The molecule has 1 saturated heterocycles. The molecule has 3 rings (SSSR count). The van der Waals surface area contributed by atoms with Gasteiger partial charge in [0.2, 0.25) is 10.0 Å². The monoisotopic (exact) mass is 387 g/mol. The minimum absolute atomic E-state index is 0.0640. The van der Waals surface area contributed by atoms with Gasteiger partial charge in [0.15, 0.2) is 0 Å². The van der Waals surface area contributed by atoms with Gasteiger partial charge >= 0.3 is 0 Å². The van der Waals surface area contributed by atoms with E-state index in [-0.39, 0.29) is 5.91 Å². The van der Waals surface area contributed by atoms with Crippen molar-refractivity contribution in [3.8, 4) is 0 Å². The van der Waals surface area contributed by atoms with Gasteiger partial charge in [-0.25, -0.2) is 8.42 Å². The first-order valence-electron chi connectivity index (χ1n) is 8.91. The van der Waals surface area contributed by atoms with E-state index >= 15 is 0 Å². The van der Waals surface area contributed by atoms with Crippen LogP contribution >= 0.6 is 0 Å². The number of carbonyl (C=O) groups excluding carboxylic acids is 1. The summed E-state index contributed by atoms with van der Waals surface area (Å²) < 4.78 is 24.9. The van der Waals surface area contributed by atoms with E-state index in [4.69, 9.17) is 0 Å². The molecule has 1 aliphatic rings. The quantitative estimate of drug-likeness (QED) is 0.808. The topological polar surface area (TPSA) is 60.9 Å². The second-order valence-electron chi connectivity index (χ2n) is 6.85. The van der Waals surface area contributed by atoms with E-state index in [0.29, 0.717) is 24.3 Å². The van der Waals surface area contributed by atoms with Crippen molar-refractivity contribution in [2.24, 2.45) is 0 Å². The van der Waals surface area contributed by atoms with E-state index in [1.54, 1.807) is 18.2 Å². The molecular formula is C20H25N3O3S. The Hall–Kier alpha value is -2.54. The van der Waals surface area contributed by atoms with Gasteiger partial charge in [-0.2, -0.15) is 0 Å². The van der Waals surface area contributed by atoms with Crippen LogP contribution in [0.4, 0.5) is 11.4 Å². The standard InChI is InChI=1S/C20H25N3O3S/c1-16-9-10-17(15-19(16)21(2)27(3,25)26)20(24)23-13-11-22(12-14-23)18-7-5-4-6-8-18/h4-10,15H,11-14H2,1-3H3. The Kier molecular flexibility index (Phi) is 5.41. The molecule has 6 nitrogen and oxygen atoms in total. The second kappa shape index (κ2) is 7.60. The molecule has 1 aliphatic heterocycles. The molecule has 0 N–H and O–H groups in total. The third-order valence-corrected chi connectivity index (χ3v) is 6.17. The molecule has 2 aromatic carbocycles. The van der Waals surface area contributed by atoms with E-state index in [1.807, 2.05) is 30.0 Å². The highest BCUT2D eigenvalue weighted by molar-refractivity contribution is 7.92. The smallest absolute Gasteiger partial charge is 0.254 e. The molecule has 144 valence electrons. The van der Waals surface area contributed by atoms with Gasteiger partial charge in [-0.15, -0.1) is 0 Å². The number of piperazine rings is 1. The number of sulfonamides is 1. The van der Waals surface area contributed by atoms with Gasteiger partial charge in [-0.3, -0.25) is 9.10 Å². The van der Waals surface area contributed by atoms with Gasteiger partial charge in [-0.05, 0) is 36.8 Å². The lowest BCUT2D eigenvalue weighted by molar-refractivity contribution is 0.0747. The fourth-order valence-electron chi connectivity index (χ4n) is 3.25. The molecule has 0 saturated carbocycles. The maximum absolute atomic E-state index is 12.9. The lowest BCUT2D eigenvalue weighted by atomic mass is 10.1. The summed E-state index contributed by atoms with van der Waals surface area (Å²) in [4.78, 5) is 17.0. The normalized spacial score (nSPS) is 14.9. The average Bonchev–Trinajstić information content (AvgIpc) is 2.67. The minimum atomic E-state index is -3.38. The van der Waals surface area contributed by atoms with Crippen LogP contribution in [-0.2, 0) is 10.0 Å². The fraction of sp³-hybridized carbons (Fsp3) is 0.350. The summed E-state index contributed by atoms with van der Waals surface area (Å²) in [5.74, 6) is -0.0640. The van der Waals surface area contributed by atoms with Crippen LogP contribution in [0.3, 0.4) is 0 Å². The van der Waals surface area contributed by atoms with E-state index in [2.05, 4.69) is 17.0 Å². The van der Waals surface area contributed by atoms with E-state index < -0.39 is 10.0 Å². The zero-order valence-electron chi connectivity index (χ0n) is 15.9. The van der Waals surface area contributed by atoms with Crippen molar-refractivity contribution in [1.29, 1.82) is 0 Å². The summed E-state index contributed by atoms with van der Waals surface area (Å²) >= 11 is 0. The zero-order chi connectivity index (χ0) is 19.6. The van der Waals surface area contributed by atoms with Crippen LogP contribution < -0.4 is 9.21 Å². The minimum Gasteiger partial charge on any atom is -0.368 e. The summed E-state index contributed by atoms with van der Waals surface area (Å²) in [6, 6.07) is 15.4. The average molecular weight is 388 g/mol. The van der Waals surface area contributed by atoms with Crippen LogP contribution in [0, 0.1) is 6.92 Å². The lowest BCUT2D eigenvalue weighted by Gasteiger charge is -2.36. The van der Waals surface area contributed by atoms with Gasteiger partial charge in [0.05, 0.1) is 11.9 Å². The SMILES string of the molecule is Cc1ccc(C(=O)N2CCN(c3ccccc3)CC2)cc1N(C)S(C)(=O)=O. The molecule has 0 spiro atoms. The molecule has 0 unspecified atom stereocenters. The number of rotatable bonds is 4. The Labute approximate surface area is 161 Å². The molecule has 0 atom stereocenters. The van der Waals surface area contributed by atoms with Gasteiger partial charge in [0, 0.05) is 44.5 Å². The fourth-order valence-corrected chi connectivity index (χ4v) is 3.80. The van der Waals surface area contributed by atoms with Crippen molar-refractivity contribution in [2.45, 2.75) is 6.92 Å². The largest absolute Gasteiger partial charge is 0.368 e. The Morgan fingerprint density at radius 3 is 2.22 bits per heavy atom. The van der Waals surface area contributed by atoms with Crippen molar-refractivity contribution in [1.82, 2.24) is 4.90 Å². The Bertz CT molecular complexity index is 921. The van der Waals surface area contributed by atoms with E-state index in [1.165, 1.54) is 11.4 Å². The molecule has 0 aliphatic carbocycles. The van der Waals surface area contributed by atoms with Crippen molar-refractivity contribution in [3.05, 3.63) is 59.7 Å². The summed E-state index contributed by atoms with van der Waals surface area (Å²) in [5.41, 5.74) is 3.02. The predicted octanol–water partition coefficient (Wildman–Crippen LogP) is 2.35. The van der Waals surface area contributed by atoms with Crippen molar-refractivity contribution >= 4 is 27.3 Å². The Balaban J connectivity index is 1.74. The van der Waals surface area contributed by atoms with Crippen LogP contribution in [0.2, 0.25) is 0 Å². The number of amides is 1. The van der Waals surface area contributed by atoms with Gasteiger partial charge < -0.3 is 9.80 Å². The number of hydrogen-bond acceptors (Lipinski definition) is 4. The molecule has 0 radical (unpaired) electrons. The third kappa shape index (κ3) is 4.24. The summed E-state index contributed by atoms with van der Waals surface area (Å²) in [6.07, 6.45) is 1.16. The lowest BCUT2D eigenvalue weighted by Crippen LogP contribution is -2.48. The van der Waals surface area contributed by atoms with Crippen molar-refractivity contribution in [2.75, 3.05) is 48.7 Å². The Morgan fingerprint density at radius 1 is 1.00 bits per heavy atom. The van der Waals surface area contributed by atoms with Crippen LogP contribution in [0.5, 0.6) is 0 Å². The number of benzene rings is 2. The summed E-state index contributed by atoms with van der Waals surface area (Å²) in [7, 11) is -1.88. The first-order chi connectivity index (χ1) is 12.8. The molecule has 1 fully saturated rings. The van der Waals surface area contributed by atoms with Crippen LogP contribution in [0.1, 0.15) is 15.9 Å². The van der Waals surface area contributed by atoms with Crippen LogP contribution in [0.15, 0.2) is 48.5 Å². The number of nitrogens with zero attached hydrogens (tertiary/aromatic N) is 3. The van der Waals surface area contributed by atoms with E-state index in [0.717, 1.165) is 30.6 Å². The van der Waals surface area contributed by atoms with Crippen LogP contribution in [-0.4, -0.2) is 58.7 Å². The molecule has 1 heterocycles. The zero-order valence-corrected chi connectivity index (χ0v) is 16.7. The number of carbonyl (C=O) groups is 1. The third-order valence-electron chi connectivity index (χ3n) is 4.98. The van der Waals surface area contributed by atoms with Crippen molar-refractivity contribution in [3.63, 3.8) is 0 Å². The number of aryl methyl sites for hydroxylation is 1. The first kappa shape index (κ1) is 19.2. The number of para-hydroxylation sites is 1.